The van der Waals surface area contributed by atoms with Gasteiger partial charge in [0.05, 0.1) is 45.1 Å². The number of imide groups is 1. The number of carboxylic acids is 1. The first-order valence-electron chi connectivity index (χ1n) is 25.8. The Balaban J connectivity index is 0.662. The van der Waals surface area contributed by atoms with E-state index >= 15 is 0 Å². The molecule has 76 heavy (non-hydrogen) atoms. The Hall–Kier alpha value is -7.42. The van der Waals surface area contributed by atoms with Crippen molar-refractivity contribution in [1.29, 1.82) is 0 Å². The van der Waals surface area contributed by atoms with E-state index in [9.17, 15) is 37.5 Å². The largest absolute Gasteiger partial charge is 0.490 e. The van der Waals surface area contributed by atoms with Crippen molar-refractivity contribution < 1.29 is 46.9 Å². The molecule has 20 heteroatoms. The van der Waals surface area contributed by atoms with Crippen molar-refractivity contribution in [2.45, 2.75) is 82.2 Å². The molecule has 0 spiro atoms. The third-order valence-corrected chi connectivity index (χ3v) is 16.0. The lowest BCUT2D eigenvalue weighted by Gasteiger charge is -2.36. The van der Waals surface area contributed by atoms with Gasteiger partial charge in [-0.25, -0.2) is 14.8 Å². The van der Waals surface area contributed by atoms with Crippen LogP contribution in [0.3, 0.4) is 0 Å². The second kappa shape index (κ2) is 21.3. The van der Waals surface area contributed by atoms with Crippen molar-refractivity contribution in [2.75, 3.05) is 61.0 Å². The first-order valence-corrected chi connectivity index (χ1v) is 26.6. The summed E-state index contributed by atoms with van der Waals surface area (Å²) in [6, 6.07) is 25.9. The number of hydrogen-bond acceptors (Lipinski definition) is 13. The maximum atomic E-state index is 14.9. The normalized spacial score (nSPS) is 19.4. The fraction of sp³-hybridized carbons (Fsp3) is 0.375. The highest BCUT2D eigenvalue weighted by atomic mass is 32.1. The first-order chi connectivity index (χ1) is 36.7. The van der Waals surface area contributed by atoms with E-state index in [4.69, 9.17) is 9.47 Å². The summed E-state index contributed by atoms with van der Waals surface area (Å²) in [7, 11) is 1.88. The summed E-state index contributed by atoms with van der Waals surface area (Å²) in [5.41, 5.74) is 3.62. The number of aryl methyl sites for hydroxylation is 1. The van der Waals surface area contributed by atoms with Gasteiger partial charge in [0.15, 0.2) is 10.8 Å². The number of hydrogen-bond donors (Lipinski definition) is 3. The highest BCUT2D eigenvalue weighted by Gasteiger charge is 2.37. The summed E-state index contributed by atoms with van der Waals surface area (Å²) >= 11 is 1.37. The van der Waals surface area contributed by atoms with E-state index in [-0.39, 0.29) is 59.2 Å². The molecule has 4 aromatic carbocycles. The number of alkyl halides is 3. The molecule has 11 rings (SSSR count). The first kappa shape index (κ1) is 50.7. The van der Waals surface area contributed by atoms with Gasteiger partial charge in [-0.15, -0.1) is 0 Å². The molecule has 2 saturated heterocycles. The van der Waals surface area contributed by atoms with Gasteiger partial charge in [0.2, 0.25) is 11.8 Å². The van der Waals surface area contributed by atoms with Gasteiger partial charge < -0.3 is 24.4 Å². The molecule has 6 heterocycles. The molecule has 4 aliphatic rings. The summed E-state index contributed by atoms with van der Waals surface area (Å²) in [5, 5.41) is 21.8. The van der Waals surface area contributed by atoms with Crippen LogP contribution in [0.25, 0.3) is 32.2 Å². The third kappa shape index (κ3) is 10.7. The van der Waals surface area contributed by atoms with Crippen molar-refractivity contribution in [2.24, 2.45) is 7.05 Å². The Morgan fingerprint density at radius 3 is 2.41 bits per heavy atom. The number of piperidine rings is 1. The maximum absolute atomic E-state index is 14.9. The number of benzene rings is 4. The van der Waals surface area contributed by atoms with Crippen molar-refractivity contribution in [3.63, 3.8) is 0 Å². The molecular formula is C56H56F3N9O7S. The SMILES string of the molecule is Cn1nc(C2CCC(=O)NC2=O)c2ccc(N3CCN(CCCOC4CCC(Oc5ccc(-c6ccc(N7CCc8cccc(C(=O)Nc9nc%10ccccc%10s9)c8C7)nc6C(=O)O)c(C(F)(F)F)c5)CC4)CC3)cc21. The van der Waals surface area contributed by atoms with Crippen molar-refractivity contribution >= 4 is 72.8 Å². The lowest BCUT2D eigenvalue weighted by Crippen LogP contribution is -2.46. The molecule has 3 aromatic heterocycles. The second-order valence-electron chi connectivity index (χ2n) is 19.9. The van der Waals surface area contributed by atoms with E-state index in [0.29, 0.717) is 74.5 Å². The molecule has 0 bridgehead atoms. The minimum Gasteiger partial charge on any atom is -0.490 e. The summed E-state index contributed by atoms with van der Waals surface area (Å²) in [6.45, 7) is 5.71. The Labute approximate surface area is 439 Å². The van der Waals surface area contributed by atoms with Crippen LogP contribution in [0.4, 0.5) is 29.8 Å². The zero-order valence-corrected chi connectivity index (χ0v) is 42.6. The van der Waals surface area contributed by atoms with Crippen LogP contribution in [-0.4, -0.2) is 112 Å². The van der Waals surface area contributed by atoms with Gasteiger partial charge in [0.25, 0.3) is 5.91 Å². The molecule has 3 aliphatic heterocycles. The second-order valence-corrected chi connectivity index (χ2v) is 20.9. The van der Waals surface area contributed by atoms with Gasteiger partial charge >= 0.3 is 12.1 Å². The van der Waals surface area contributed by atoms with E-state index < -0.39 is 29.3 Å². The van der Waals surface area contributed by atoms with Gasteiger partial charge in [-0.05, 0) is 122 Å². The summed E-state index contributed by atoms with van der Waals surface area (Å²) < 4.78 is 59.7. The molecule has 7 aromatic rings. The van der Waals surface area contributed by atoms with Gasteiger partial charge in [0, 0.05) is 88.1 Å². The van der Waals surface area contributed by atoms with E-state index in [1.165, 1.54) is 35.6 Å². The number of aromatic carboxylic acids is 1. The molecule has 1 unspecified atom stereocenters. The van der Waals surface area contributed by atoms with Crippen LogP contribution in [0, 0.1) is 0 Å². The number of anilines is 3. The molecule has 1 aliphatic carbocycles. The molecule has 16 nitrogen and oxygen atoms in total. The Bertz CT molecular complexity index is 3330. The lowest BCUT2D eigenvalue weighted by atomic mass is 9.93. The van der Waals surface area contributed by atoms with Gasteiger partial charge in [0.1, 0.15) is 11.6 Å². The van der Waals surface area contributed by atoms with Crippen LogP contribution in [-0.2, 0) is 40.5 Å². The van der Waals surface area contributed by atoms with E-state index in [0.717, 1.165) is 83.1 Å². The van der Waals surface area contributed by atoms with Crippen molar-refractivity contribution in [3.8, 4) is 16.9 Å². The highest BCUT2D eigenvalue weighted by Crippen LogP contribution is 2.42. The van der Waals surface area contributed by atoms with Gasteiger partial charge in [-0.1, -0.05) is 41.7 Å². The topological polar surface area (TPSA) is 184 Å². The number of para-hydroxylation sites is 1. The minimum atomic E-state index is -4.83. The predicted octanol–water partition coefficient (Wildman–Crippen LogP) is 9.22. The number of ether oxygens (including phenoxy) is 2. The third-order valence-electron chi connectivity index (χ3n) is 15.1. The number of carbonyl (C=O) groups excluding carboxylic acids is 3. The van der Waals surface area contributed by atoms with E-state index in [1.54, 1.807) is 6.07 Å². The highest BCUT2D eigenvalue weighted by molar-refractivity contribution is 7.22. The van der Waals surface area contributed by atoms with Gasteiger partial charge in [-0.3, -0.25) is 34.6 Å². The van der Waals surface area contributed by atoms with Crippen LogP contribution < -0.4 is 25.2 Å². The number of carboxylic acid groups (broad SMARTS) is 1. The number of carbonyl (C=O) groups is 4. The Morgan fingerprint density at radius 1 is 0.842 bits per heavy atom. The molecule has 3 amide bonds. The molecule has 0 radical (unpaired) electrons. The number of piperazine rings is 1. The van der Waals surface area contributed by atoms with E-state index in [1.807, 2.05) is 59.1 Å². The van der Waals surface area contributed by atoms with Crippen LogP contribution in [0.1, 0.15) is 94.1 Å². The zero-order chi connectivity index (χ0) is 52.7. The summed E-state index contributed by atoms with van der Waals surface area (Å²) in [4.78, 5) is 66.2. The number of rotatable bonds is 14. The number of halogens is 3. The predicted molar refractivity (Wildman–Crippen MR) is 282 cm³/mol. The molecule has 1 atom stereocenters. The lowest BCUT2D eigenvalue weighted by molar-refractivity contribution is -0.137. The van der Waals surface area contributed by atoms with Crippen LogP contribution >= 0.6 is 11.3 Å². The van der Waals surface area contributed by atoms with Crippen LogP contribution in [0.5, 0.6) is 5.75 Å². The number of nitrogens with one attached hydrogen (secondary N) is 2. The van der Waals surface area contributed by atoms with Crippen LogP contribution in [0.2, 0.25) is 0 Å². The monoisotopic (exact) mass is 1060 g/mol. The number of pyridine rings is 1. The number of thiazole rings is 1. The summed E-state index contributed by atoms with van der Waals surface area (Å²) in [5.74, 6) is -2.48. The Kier molecular flexibility index (Phi) is 14.2. The standard InChI is InChI=1S/C56H56F3N9O7S/c1-65-46-30-34(10-16-41(46)50(64-65)42-19-21-49(69)62-53(42)71)67-27-25-66(26-28-67)23-5-29-74-35-11-13-36(14-12-35)75-37-15-17-38(44(31-37)56(57,58)59)39-18-20-48(61-51(39)54(72)73)68-24-22-33-6-4-7-40(43(33)32-68)52(70)63-55-60-45-8-2-3-9-47(45)76-55/h2-4,6-10,15-18,20,30-31,35-36,42H,5,11-14,19,21-29,32H2,1H3,(H,72,73)(H,60,63,70)(H,62,69,71). The molecule has 3 fully saturated rings. The minimum absolute atomic E-state index is 0.0311. The van der Waals surface area contributed by atoms with Gasteiger partial charge in [-0.2, -0.15) is 18.3 Å². The van der Waals surface area contributed by atoms with Crippen molar-refractivity contribution in [1.82, 2.24) is 30.0 Å². The maximum Gasteiger partial charge on any atom is 0.417 e. The number of nitrogens with zero attached hydrogens (tertiary/aromatic N) is 7. The Morgan fingerprint density at radius 2 is 1.63 bits per heavy atom. The quantitative estimate of drug-likeness (QED) is 0.0693. The molecule has 394 valence electrons. The fourth-order valence-corrected chi connectivity index (χ4v) is 12.0. The molecule has 1 saturated carbocycles. The average molecular weight is 1060 g/mol. The number of aromatic nitrogens is 4. The zero-order valence-electron chi connectivity index (χ0n) is 41.8. The molecule has 3 N–H and O–H groups in total. The number of fused-ring (bicyclic) bond motifs is 3. The average Bonchev–Trinajstić information content (AvgIpc) is 4.02. The fourth-order valence-electron chi connectivity index (χ4n) is 11.1. The van der Waals surface area contributed by atoms with E-state index in [2.05, 4.69) is 47.6 Å². The number of amides is 3. The molecular weight excluding hydrogens is 1000 g/mol. The smallest absolute Gasteiger partial charge is 0.417 e. The summed E-state index contributed by atoms with van der Waals surface area (Å²) in [6.07, 6.45) is -0.292. The van der Waals surface area contributed by atoms with Crippen LogP contribution in [0.15, 0.2) is 91.0 Å². The van der Waals surface area contributed by atoms with Crippen molar-refractivity contribution in [3.05, 3.63) is 125 Å².